The van der Waals surface area contributed by atoms with Crippen molar-refractivity contribution in [2.75, 3.05) is 39.7 Å². The van der Waals surface area contributed by atoms with Gasteiger partial charge in [-0.2, -0.15) is 0 Å². The molecule has 3 aromatic carbocycles. The number of benzene rings is 3. The van der Waals surface area contributed by atoms with Crippen LogP contribution in [0.25, 0.3) is 0 Å². The molecule has 4 N–H and O–H groups in total. The molecule has 0 amide bonds. The number of aryl methyl sites for hydroxylation is 2. The number of ether oxygens (including phenoxy) is 2. The maximum Gasteiger partial charge on any atom is 0.187 e. The number of piperidine rings is 1. The van der Waals surface area contributed by atoms with E-state index >= 15 is 0 Å². The van der Waals surface area contributed by atoms with Gasteiger partial charge in [0.25, 0.3) is 0 Å². The zero-order valence-electron chi connectivity index (χ0n) is 23.8. The summed E-state index contributed by atoms with van der Waals surface area (Å²) in [5.74, 6) is 1.00. The molecule has 0 aliphatic carbocycles. The first-order valence-electron chi connectivity index (χ1n) is 13.7. The highest BCUT2D eigenvalue weighted by Crippen LogP contribution is 2.45. The molecule has 7 heteroatoms. The highest BCUT2D eigenvalue weighted by Gasteiger charge is 2.45. The lowest BCUT2D eigenvalue weighted by molar-refractivity contribution is 0.124. The van der Waals surface area contributed by atoms with Gasteiger partial charge >= 0.3 is 0 Å². The van der Waals surface area contributed by atoms with E-state index < -0.39 is 5.79 Å². The average molecular weight is 528 g/mol. The number of nitrogens with two attached hydrogens (primary N) is 1. The second kappa shape index (κ2) is 10.9. The maximum absolute atomic E-state index is 6.60. The topological polar surface area (TPSA) is 84.1 Å². The molecular formula is C32H41N5O2. The number of anilines is 1. The van der Waals surface area contributed by atoms with E-state index in [2.05, 4.69) is 77.9 Å². The number of methoxy groups -OCH3 is 2. The maximum atomic E-state index is 6.60. The van der Waals surface area contributed by atoms with E-state index in [-0.39, 0.29) is 5.41 Å². The molecule has 206 valence electrons. The number of rotatable bonds is 8. The third kappa shape index (κ3) is 5.34. The van der Waals surface area contributed by atoms with E-state index in [1.807, 2.05) is 19.2 Å². The fourth-order valence-electron chi connectivity index (χ4n) is 6.20. The molecule has 0 bridgehead atoms. The molecule has 2 aliphatic heterocycles. The molecular weight excluding hydrogens is 486 g/mol. The van der Waals surface area contributed by atoms with Gasteiger partial charge in [0.05, 0.1) is 19.9 Å². The minimum absolute atomic E-state index is 0.0761. The fourth-order valence-corrected chi connectivity index (χ4v) is 6.20. The molecule has 0 radical (unpaired) electrons. The summed E-state index contributed by atoms with van der Waals surface area (Å²) in [6.45, 7) is 7.40. The minimum Gasteiger partial charge on any atom is -0.493 e. The van der Waals surface area contributed by atoms with Crippen LogP contribution in [0.2, 0.25) is 0 Å². The van der Waals surface area contributed by atoms with E-state index in [0.717, 1.165) is 50.1 Å². The predicted octanol–water partition coefficient (Wildman–Crippen LogP) is 4.95. The van der Waals surface area contributed by atoms with Crippen LogP contribution in [0.15, 0.2) is 65.7 Å². The lowest BCUT2D eigenvalue weighted by atomic mass is 9.68. The molecule has 1 fully saturated rings. The van der Waals surface area contributed by atoms with E-state index in [1.165, 1.54) is 22.3 Å². The van der Waals surface area contributed by atoms with Gasteiger partial charge in [0.15, 0.2) is 17.3 Å². The molecule has 0 aromatic heterocycles. The SMILES string of the molecule is CNC1(CC2(c3ccccc3)CCN(Cc3cc(C)ccc3C)CC2)N=C(N)c2cc(OC)c(OC)cc2N1. The van der Waals surface area contributed by atoms with Crippen molar-refractivity contribution >= 4 is 11.5 Å². The quantitative estimate of drug-likeness (QED) is 0.385. The Morgan fingerprint density at radius 2 is 1.67 bits per heavy atom. The van der Waals surface area contributed by atoms with Gasteiger partial charge in [0.2, 0.25) is 0 Å². The summed E-state index contributed by atoms with van der Waals surface area (Å²) in [6.07, 6.45) is 2.81. The van der Waals surface area contributed by atoms with Crippen LogP contribution in [0.3, 0.4) is 0 Å². The molecule has 1 saturated heterocycles. The van der Waals surface area contributed by atoms with Crippen LogP contribution >= 0.6 is 0 Å². The van der Waals surface area contributed by atoms with Gasteiger partial charge in [0.1, 0.15) is 5.84 Å². The van der Waals surface area contributed by atoms with E-state index in [9.17, 15) is 0 Å². The monoisotopic (exact) mass is 527 g/mol. The zero-order valence-corrected chi connectivity index (χ0v) is 23.8. The van der Waals surface area contributed by atoms with Crippen molar-refractivity contribution in [1.82, 2.24) is 10.2 Å². The molecule has 39 heavy (non-hydrogen) atoms. The highest BCUT2D eigenvalue weighted by molar-refractivity contribution is 6.05. The van der Waals surface area contributed by atoms with Gasteiger partial charge in [-0.15, -0.1) is 0 Å². The fraction of sp³-hybridized carbons (Fsp3) is 0.406. The van der Waals surface area contributed by atoms with Gasteiger partial charge in [-0.05, 0) is 69.6 Å². The summed E-state index contributed by atoms with van der Waals surface area (Å²) in [4.78, 5) is 7.63. The molecule has 0 saturated carbocycles. The number of nitrogens with one attached hydrogen (secondary N) is 2. The van der Waals surface area contributed by atoms with Crippen molar-refractivity contribution < 1.29 is 9.47 Å². The van der Waals surface area contributed by atoms with Crippen LogP contribution in [0.4, 0.5) is 5.69 Å². The van der Waals surface area contributed by atoms with Crippen LogP contribution in [-0.2, 0) is 12.0 Å². The second-order valence-corrected chi connectivity index (χ2v) is 11.0. The van der Waals surface area contributed by atoms with Crippen LogP contribution < -0.4 is 25.8 Å². The Bertz CT molecular complexity index is 1350. The standard InChI is InChI=1S/C32H41N5O2/c1-22-11-12-23(2)24(17-22)20-37-15-13-31(14-16-37,25-9-7-6-8-10-25)21-32(34-3)35-27-19-29(39-5)28(38-4)18-26(27)30(33)36-32/h6-12,17-19,34-35H,13-16,20-21H2,1-5H3,(H2,33,36). The summed E-state index contributed by atoms with van der Waals surface area (Å²) >= 11 is 0. The first-order chi connectivity index (χ1) is 18.8. The van der Waals surface area contributed by atoms with Crippen LogP contribution in [0.1, 0.15) is 47.1 Å². The Labute approximate surface area is 232 Å². The summed E-state index contributed by atoms with van der Waals surface area (Å²) in [5.41, 5.74) is 13.7. The smallest absolute Gasteiger partial charge is 0.187 e. The van der Waals surface area contributed by atoms with Gasteiger partial charge in [0, 0.05) is 30.0 Å². The van der Waals surface area contributed by atoms with Crippen LogP contribution in [0, 0.1) is 13.8 Å². The lowest BCUT2D eigenvalue weighted by Crippen LogP contribution is -2.57. The van der Waals surface area contributed by atoms with Crippen LogP contribution in [0.5, 0.6) is 11.5 Å². The first-order valence-corrected chi connectivity index (χ1v) is 13.7. The van der Waals surface area contributed by atoms with Crippen molar-refractivity contribution in [3.05, 3.63) is 88.5 Å². The molecule has 0 spiro atoms. The third-order valence-electron chi connectivity index (χ3n) is 8.56. The van der Waals surface area contributed by atoms with Crippen molar-refractivity contribution in [1.29, 1.82) is 0 Å². The van der Waals surface area contributed by atoms with Gasteiger partial charge < -0.3 is 20.5 Å². The zero-order chi connectivity index (χ0) is 27.6. The summed E-state index contributed by atoms with van der Waals surface area (Å²) in [6, 6.07) is 21.5. The Kier molecular flexibility index (Phi) is 7.56. The molecule has 3 aromatic rings. The summed E-state index contributed by atoms with van der Waals surface area (Å²) in [5, 5.41) is 7.19. The Hall–Kier alpha value is -3.55. The molecule has 7 nitrogen and oxygen atoms in total. The number of fused-ring (bicyclic) bond motifs is 1. The van der Waals surface area contributed by atoms with Crippen molar-refractivity contribution in [2.24, 2.45) is 10.7 Å². The number of hydrogen-bond donors (Lipinski definition) is 3. The first kappa shape index (κ1) is 27.0. The number of amidine groups is 1. The molecule has 1 unspecified atom stereocenters. The summed E-state index contributed by atoms with van der Waals surface area (Å²) < 4.78 is 11.1. The Morgan fingerprint density at radius 1 is 0.974 bits per heavy atom. The van der Waals surface area contributed by atoms with E-state index in [1.54, 1.807) is 14.2 Å². The number of likely N-dealkylation sites (tertiary alicyclic amines) is 1. The molecule has 2 heterocycles. The largest absolute Gasteiger partial charge is 0.493 e. The second-order valence-electron chi connectivity index (χ2n) is 11.0. The predicted molar refractivity (Wildman–Crippen MR) is 159 cm³/mol. The Morgan fingerprint density at radius 3 is 2.33 bits per heavy atom. The van der Waals surface area contributed by atoms with Gasteiger partial charge in [-0.3, -0.25) is 10.2 Å². The number of aliphatic imine (C=N–C) groups is 1. The van der Waals surface area contributed by atoms with E-state index in [0.29, 0.717) is 17.3 Å². The molecule has 1 atom stereocenters. The highest BCUT2D eigenvalue weighted by atomic mass is 16.5. The number of nitrogens with zero attached hydrogens (tertiary/aromatic N) is 2. The van der Waals surface area contributed by atoms with Gasteiger partial charge in [-0.25, -0.2) is 4.99 Å². The normalized spacial score (nSPS) is 20.5. The number of hydrogen-bond acceptors (Lipinski definition) is 7. The minimum atomic E-state index is -0.762. The van der Waals surface area contributed by atoms with Crippen LogP contribution in [-0.4, -0.2) is 50.9 Å². The average Bonchev–Trinajstić information content (AvgIpc) is 2.96. The van der Waals surface area contributed by atoms with Gasteiger partial charge in [-0.1, -0.05) is 54.1 Å². The molecule has 5 rings (SSSR count). The lowest BCUT2D eigenvalue weighted by Gasteiger charge is -2.48. The Balaban J connectivity index is 1.45. The third-order valence-corrected chi connectivity index (χ3v) is 8.56. The van der Waals surface area contributed by atoms with Crippen molar-refractivity contribution in [3.8, 4) is 11.5 Å². The van der Waals surface area contributed by atoms with Crippen molar-refractivity contribution in [3.63, 3.8) is 0 Å². The van der Waals surface area contributed by atoms with Crippen molar-refractivity contribution in [2.45, 2.75) is 50.9 Å². The molecule has 2 aliphatic rings. The summed E-state index contributed by atoms with van der Waals surface area (Å²) in [7, 11) is 5.22. The van der Waals surface area contributed by atoms with E-state index in [4.69, 9.17) is 20.2 Å².